The van der Waals surface area contributed by atoms with E-state index in [1.807, 2.05) is 0 Å². The summed E-state index contributed by atoms with van der Waals surface area (Å²) in [7, 11) is -0.469. The third-order valence-corrected chi connectivity index (χ3v) is 6.12. The molecule has 4 rings (SSSR count). The van der Waals surface area contributed by atoms with Crippen molar-refractivity contribution in [3.8, 4) is 11.1 Å². The van der Waals surface area contributed by atoms with Gasteiger partial charge in [0.15, 0.2) is 0 Å². The van der Waals surface area contributed by atoms with Gasteiger partial charge in [0.05, 0.1) is 8.80 Å². The average Bonchev–Trinajstić information content (AvgIpc) is 3.13. The number of allylic oxidation sites excluding steroid dienone is 4. The van der Waals surface area contributed by atoms with E-state index < -0.39 is 8.80 Å². The van der Waals surface area contributed by atoms with Crippen LogP contribution in [0.1, 0.15) is 22.6 Å². The summed E-state index contributed by atoms with van der Waals surface area (Å²) in [6.07, 6.45) is 10.1. The smallest absolute Gasteiger partial charge is 0.0733 e. The van der Waals surface area contributed by atoms with Crippen molar-refractivity contribution in [2.24, 2.45) is 0 Å². The molecule has 0 saturated carbocycles. The Kier molecular flexibility index (Phi) is 2.97. The van der Waals surface area contributed by atoms with Gasteiger partial charge in [-0.15, -0.1) is 0 Å². The van der Waals surface area contributed by atoms with E-state index in [2.05, 4.69) is 73.8 Å². The topological polar surface area (TPSA) is 0 Å². The van der Waals surface area contributed by atoms with Crippen LogP contribution in [0.4, 0.5) is 0 Å². The zero-order valence-electron chi connectivity index (χ0n) is 12.6. The number of hydrogen-bond acceptors (Lipinski definition) is 0. The molecule has 0 heterocycles. The molecule has 2 aromatic rings. The molecule has 21 heavy (non-hydrogen) atoms. The van der Waals surface area contributed by atoms with Crippen molar-refractivity contribution in [3.05, 3.63) is 77.4 Å². The van der Waals surface area contributed by atoms with Gasteiger partial charge in [0, 0.05) is 5.92 Å². The SMILES string of the molecule is C[Si](C)c1cc2c(cc1C1C=CC=C1)Cc1ccccc1-2. The summed E-state index contributed by atoms with van der Waals surface area (Å²) < 4.78 is 0. The van der Waals surface area contributed by atoms with Gasteiger partial charge >= 0.3 is 0 Å². The molecule has 0 amide bonds. The molecule has 2 aromatic carbocycles. The maximum absolute atomic E-state index is 2.49. The molecular weight excluding hydrogens is 268 g/mol. The van der Waals surface area contributed by atoms with Crippen molar-refractivity contribution < 1.29 is 0 Å². The fraction of sp³-hybridized carbons (Fsp3) is 0.200. The molecule has 0 atom stereocenters. The van der Waals surface area contributed by atoms with Crippen molar-refractivity contribution >= 4 is 14.0 Å². The van der Waals surface area contributed by atoms with Crippen LogP contribution in [0.2, 0.25) is 13.1 Å². The lowest BCUT2D eigenvalue weighted by molar-refractivity contribution is 1.10. The standard InChI is InChI=1S/C20H19Si/c1-21(2)20-13-18-16(11-15-9-5-6-10-17(15)18)12-19(20)14-7-3-4-8-14/h3-10,12-14H,11H2,1-2H3. The molecule has 0 unspecified atom stereocenters. The van der Waals surface area contributed by atoms with Gasteiger partial charge in [0.2, 0.25) is 0 Å². The van der Waals surface area contributed by atoms with Gasteiger partial charge in [-0.2, -0.15) is 0 Å². The second kappa shape index (κ2) is 4.85. The Bertz CT molecular complexity index is 753. The number of hydrogen-bond donors (Lipinski definition) is 0. The molecule has 0 aromatic heterocycles. The summed E-state index contributed by atoms with van der Waals surface area (Å²) >= 11 is 0. The molecule has 0 N–H and O–H groups in total. The predicted octanol–water partition coefficient (Wildman–Crippen LogP) is 4.43. The first-order valence-electron chi connectivity index (χ1n) is 7.64. The van der Waals surface area contributed by atoms with Crippen molar-refractivity contribution in [1.82, 2.24) is 0 Å². The van der Waals surface area contributed by atoms with Crippen LogP contribution in [0.25, 0.3) is 11.1 Å². The molecule has 0 fully saturated rings. The van der Waals surface area contributed by atoms with Gasteiger partial charge < -0.3 is 0 Å². The predicted molar refractivity (Wildman–Crippen MR) is 92.8 cm³/mol. The van der Waals surface area contributed by atoms with Crippen LogP contribution in [0, 0.1) is 0 Å². The molecule has 1 radical (unpaired) electrons. The fourth-order valence-corrected chi connectivity index (χ4v) is 4.80. The van der Waals surface area contributed by atoms with Crippen LogP contribution in [-0.2, 0) is 6.42 Å². The highest BCUT2D eigenvalue weighted by atomic mass is 28.3. The molecule has 2 aliphatic rings. The van der Waals surface area contributed by atoms with E-state index in [4.69, 9.17) is 0 Å². The highest BCUT2D eigenvalue weighted by Crippen LogP contribution is 2.38. The Morgan fingerprint density at radius 2 is 1.67 bits per heavy atom. The van der Waals surface area contributed by atoms with Crippen molar-refractivity contribution in [1.29, 1.82) is 0 Å². The van der Waals surface area contributed by atoms with Crippen LogP contribution in [0.5, 0.6) is 0 Å². The Morgan fingerprint density at radius 1 is 0.905 bits per heavy atom. The van der Waals surface area contributed by atoms with E-state index in [-0.39, 0.29) is 0 Å². The summed E-state index contributed by atoms with van der Waals surface area (Å²) in [5.41, 5.74) is 7.44. The van der Waals surface area contributed by atoms with Crippen LogP contribution in [0.3, 0.4) is 0 Å². The molecule has 103 valence electrons. The third-order valence-electron chi connectivity index (χ3n) is 4.61. The monoisotopic (exact) mass is 287 g/mol. The van der Waals surface area contributed by atoms with Crippen LogP contribution >= 0.6 is 0 Å². The van der Waals surface area contributed by atoms with Gasteiger partial charge in [-0.1, -0.05) is 79.0 Å². The van der Waals surface area contributed by atoms with Crippen molar-refractivity contribution in [3.63, 3.8) is 0 Å². The van der Waals surface area contributed by atoms with Crippen LogP contribution in [0.15, 0.2) is 60.7 Å². The van der Waals surface area contributed by atoms with Gasteiger partial charge in [-0.3, -0.25) is 0 Å². The van der Waals surface area contributed by atoms with Gasteiger partial charge in [0.25, 0.3) is 0 Å². The second-order valence-corrected chi connectivity index (χ2v) is 8.76. The first-order valence-corrected chi connectivity index (χ1v) is 10.1. The number of fused-ring (bicyclic) bond motifs is 3. The van der Waals surface area contributed by atoms with E-state index in [1.54, 1.807) is 5.19 Å². The Morgan fingerprint density at radius 3 is 2.43 bits per heavy atom. The van der Waals surface area contributed by atoms with Gasteiger partial charge in [0.1, 0.15) is 0 Å². The average molecular weight is 287 g/mol. The number of benzene rings is 2. The summed E-state index contributed by atoms with van der Waals surface area (Å²) in [6, 6.07) is 13.8. The largest absolute Gasteiger partial charge is 0.0796 e. The van der Waals surface area contributed by atoms with Gasteiger partial charge in [-0.25, -0.2) is 0 Å². The molecule has 2 aliphatic carbocycles. The zero-order chi connectivity index (χ0) is 14.4. The van der Waals surface area contributed by atoms with Gasteiger partial charge in [-0.05, 0) is 34.2 Å². The fourth-order valence-electron chi connectivity index (χ4n) is 3.55. The lowest BCUT2D eigenvalue weighted by atomic mass is 9.95. The van der Waals surface area contributed by atoms with Crippen molar-refractivity contribution in [2.75, 3.05) is 0 Å². The molecular formula is C20H19Si. The minimum absolute atomic E-state index is 0.469. The van der Waals surface area contributed by atoms with E-state index in [1.165, 1.54) is 27.8 Å². The first kappa shape index (κ1) is 12.8. The van der Waals surface area contributed by atoms with Crippen molar-refractivity contribution in [2.45, 2.75) is 25.4 Å². The lowest BCUT2D eigenvalue weighted by Crippen LogP contribution is -2.28. The van der Waals surface area contributed by atoms with Crippen LogP contribution < -0.4 is 5.19 Å². The summed E-state index contributed by atoms with van der Waals surface area (Å²) in [4.78, 5) is 0. The van der Waals surface area contributed by atoms with E-state index in [9.17, 15) is 0 Å². The molecule has 0 aliphatic heterocycles. The minimum atomic E-state index is -0.469. The second-order valence-electron chi connectivity index (χ2n) is 6.23. The Hall–Kier alpha value is -1.86. The summed E-state index contributed by atoms with van der Waals surface area (Å²) in [5, 5.41) is 1.59. The quantitative estimate of drug-likeness (QED) is 0.612. The maximum Gasteiger partial charge on any atom is 0.0796 e. The zero-order valence-corrected chi connectivity index (χ0v) is 13.6. The third kappa shape index (κ3) is 2.04. The Balaban J connectivity index is 1.91. The van der Waals surface area contributed by atoms with E-state index >= 15 is 0 Å². The Labute approximate surface area is 128 Å². The minimum Gasteiger partial charge on any atom is -0.0733 e. The molecule has 0 spiro atoms. The van der Waals surface area contributed by atoms with E-state index in [0.717, 1.165) is 6.42 Å². The summed E-state index contributed by atoms with van der Waals surface area (Å²) in [6.45, 7) is 4.80. The molecule has 0 bridgehead atoms. The normalized spacial score (nSPS) is 15.8. The summed E-state index contributed by atoms with van der Waals surface area (Å²) in [5.74, 6) is 0.480. The molecule has 0 saturated heterocycles. The van der Waals surface area contributed by atoms with E-state index in [0.29, 0.717) is 5.92 Å². The highest BCUT2D eigenvalue weighted by molar-refractivity contribution is 6.71. The highest BCUT2D eigenvalue weighted by Gasteiger charge is 2.23. The number of rotatable bonds is 2. The molecule has 1 heteroatoms. The first-order chi connectivity index (χ1) is 10.2. The molecule has 0 nitrogen and oxygen atoms in total. The maximum atomic E-state index is 2.49. The van der Waals surface area contributed by atoms with Crippen LogP contribution in [-0.4, -0.2) is 8.80 Å². The lowest BCUT2D eigenvalue weighted by Gasteiger charge is -2.18.